The fourth-order valence-corrected chi connectivity index (χ4v) is 5.28. The molecule has 2 aliphatic rings. The molecule has 4 atom stereocenters. The van der Waals surface area contributed by atoms with E-state index in [1.54, 1.807) is 34.9 Å². The van der Waals surface area contributed by atoms with Gasteiger partial charge in [0.25, 0.3) is 5.56 Å². The highest BCUT2D eigenvalue weighted by Gasteiger charge is 2.57. The third-order valence-electron chi connectivity index (χ3n) is 6.75. The Kier molecular flexibility index (Phi) is 6.51. The summed E-state index contributed by atoms with van der Waals surface area (Å²) < 4.78 is 3.53. The van der Waals surface area contributed by atoms with Crippen LogP contribution in [0.5, 0.6) is 0 Å². The van der Waals surface area contributed by atoms with Crippen LogP contribution in [0.15, 0.2) is 35.5 Å². The van der Waals surface area contributed by atoms with E-state index in [9.17, 15) is 19.5 Å². The first-order chi connectivity index (χ1) is 15.9. The fraction of sp³-hybridized carbons (Fsp3) is 0.500. The Balaban J connectivity index is 1.67. The minimum Gasteiger partial charge on any atom is -0.396 e. The zero-order chi connectivity index (χ0) is 23.7. The zero-order valence-electron chi connectivity index (χ0n) is 19.3. The predicted molar refractivity (Wildman–Crippen MR) is 123 cm³/mol. The van der Waals surface area contributed by atoms with Gasteiger partial charge in [0, 0.05) is 63.0 Å². The van der Waals surface area contributed by atoms with Crippen molar-refractivity contribution in [3.8, 4) is 0 Å². The Morgan fingerprint density at radius 2 is 2.12 bits per heavy atom. The Bertz CT molecular complexity index is 1130. The Hall–Kier alpha value is -3.20. The first-order valence-electron chi connectivity index (χ1n) is 11.4. The average Bonchev–Trinajstić information content (AvgIpc) is 3.32. The molecule has 2 aliphatic heterocycles. The minimum atomic E-state index is -0.639. The summed E-state index contributed by atoms with van der Waals surface area (Å²) in [4.78, 5) is 45.4. The van der Waals surface area contributed by atoms with Crippen LogP contribution >= 0.6 is 0 Å². The number of aromatic nitrogens is 3. The lowest BCUT2D eigenvalue weighted by molar-refractivity contribution is -0.136. The second-order valence-electron chi connectivity index (χ2n) is 8.74. The van der Waals surface area contributed by atoms with E-state index in [1.807, 2.05) is 36.9 Å². The lowest BCUT2D eigenvalue weighted by Crippen LogP contribution is -2.49. The van der Waals surface area contributed by atoms with Crippen molar-refractivity contribution in [2.24, 2.45) is 18.9 Å². The molecule has 2 amide bonds. The summed E-state index contributed by atoms with van der Waals surface area (Å²) in [6, 6.07) is 2.58. The second-order valence-corrected chi connectivity index (χ2v) is 8.74. The van der Waals surface area contributed by atoms with Crippen LogP contribution in [0.4, 0.5) is 0 Å². The van der Waals surface area contributed by atoms with Crippen LogP contribution in [0.25, 0.3) is 6.08 Å². The molecule has 0 spiro atoms. The quantitative estimate of drug-likeness (QED) is 0.647. The van der Waals surface area contributed by atoms with Gasteiger partial charge >= 0.3 is 0 Å². The average molecular weight is 454 g/mol. The molecule has 33 heavy (non-hydrogen) atoms. The molecule has 0 radical (unpaired) electrons. The van der Waals surface area contributed by atoms with Crippen molar-refractivity contribution in [1.82, 2.24) is 24.3 Å². The summed E-state index contributed by atoms with van der Waals surface area (Å²) >= 11 is 0. The predicted octanol–water partition coefficient (Wildman–Crippen LogP) is 0.874. The molecule has 0 saturated carbocycles. The standard InChI is InChI=1S/C24H31N5O4/c1-4-6-15-7-8-18-22-21(23(32)25-10-9-16-11-27(3)14-26-16)17(13-30)19(12-28(18)24(15)33)29(22)20(31)5-2/h4,6-8,11,14,17,19,21-22,30H,5,9-10,12-13H2,1-3H3,(H,25,32)/b6-4-/t17-,19-,21+,22+/m0/s1. The van der Waals surface area contributed by atoms with Crippen molar-refractivity contribution in [2.75, 3.05) is 13.2 Å². The van der Waals surface area contributed by atoms with Gasteiger partial charge in [-0.1, -0.05) is 19.1 Å². The van der Waals surface area contributed by atoms with Gasteiger partial charge in [0.2, 0.25) is 11.8 Å². The first kappa shape index (κ1) is 23.0. The van der Waals surface area contributed by atoms with Crippen LogP contribution in [0.3, 0.4) is 0 Å². The molecular weight excluding hydrogens is 422 g/mol. The molecule has 2 bridgehead atoms. The van der Waals surface area contributed by atoms with Crippen LogP contribution in [0, 0.1) is 11.8 Å². The van der Waals surface area contributed by atoms with Crippen LogP contribution < -0.4 is 10.9 Å². The second kappa shape index (κ2) is 9.35. The third-order valence-corrected chi connectivity index (χ3v) is 6.75. The molecule has 9 nitrogen and oxygen atoms in total. The first-order valence-corrected chi connectivity index (χ1v) is 11.4. The van der Waals surface area contributed by atoms with E-state index in [0.717, 1.165) is 5.69 Å². The molecule has 2 N–H and O–H groups in total. The number of fused-ring (bicyclic) bond motifs is 4. The summed E-state index contributed by atoms with van der Waals surface area (Å²) in [5.41, 5.74) is 1.94. The van der Waals surface area contributed by atoms with Gasteiger partial charge in [-0.3, -0.25) is 14.4 Å². The summed E-state index contributed by atoms with van der Waals surface area (Å²) in [7, 11) is 1.89. The smallest absolute Gasteiger partial charge is 0.258 e. The number of aliphatic hydroxyl groups excluding tert-OH is 1. The maximum Gasteiger partial charge on any atom is 0.258 e. The summed E-state index contributed by atoms with van der Waals surface area (Å²) in [6.07, 6.45) is 8.05. The largest absolute Gasteiger partial charge is 0.396 e. The van der Waals surface area contributed by atoms with E-state index in [2.05, 4.69) is 10.3 Å². The van der Waals surface area contributed by atoms with E-state index in [0.29, 0.717) is 30.6 Å². The molecule has 0 unspecified atom stereocenters. The highest BCUT2D eigenvalue weighted by atomic mass is 16.3. The van der Waals surface area contributed by atoms with Gasteiger partial charge in [-0.15, -0.1) is 0 Å². The highest BCUT2D eigenvalue weighted by molar-refractivity contribution is 5.84. The topological polar surface area (TPSA) is 109 Å². The van der Waals surface area contributed by atoms with E-state index in [4.69, 9.17) is 0 Å². The van der Waals surface area contributed by atoms with E-state index in [1.165, 1.54) is 0 Å². The van der Waals surface area contributed by atoms with Crippen LogP contribution in [-0.2, 0) is 29.6 Å². The van der Waals surface area contributed by atoms with Crippen molar-refractivity contribution in [3.05, 3.63) is 58.0 Å². The highest BCUT2D eigenvalue weighted by Crippen LogP contribution is 2.48. The number of allylic oxidation sites excluding steroid dienone is 1. The molecule has 0 aromatic carbocycles. The van der Waals surface area contributed by atoms with Crippen LogP contribution in [0.2, 0.25) is 0 Å². The van der Waals surface area contributed by atoms with Crippen molar-refractivity contribution < 1.29 is 14.7 Å². The molecule has 4 rings (SSSR count). The number of aliphatic hydroxyl groups is 1. The van der Waals surface area contributed by atoms with Crippen molar-refractivity contribution in [1.29, 1.82) is 0 Å². The van der Waals surface area contributed by atoms with Gasteiger partial charge in [-0.05, 0) is 19.1 Å². The number of hydrogen-bond acceptors (Lipinski definition) is 5. The van der Waals surface area contributed by atoms with Gasteiger partial charge in [0.15, 0.2) is 0 Å². The third kappa shape index (κ3) is 4.01. The number of pyridine rings is 1. The number of hydrogen-bond donors (Lipinski definition) is 2. The van der Waals surface area contributed by atoms with E-state index < -0.39 is 23.9 Å². The number of aryl methyl sites for hydroxylation is 1. The molecule has 2 aromatic heterocycles. The Morgan fingerprint density at radius 3 is 2.76 bits per heavy atom. The Labute approximate surface area is 192 Å². The number of nitrogens with zero attached hydrogens (tertiary/aromatic N) is 4. The van der Waals surface area contributed by atoms with E-state index in [-0.39, 0.29) is 30.5 Å². The Morgan fingerprint density at radius 1 is 1.33 bits per heavy atom. The molecular formula is C24H31N5O4. The lowest BCUT2D eigenvalue weighted by Gasteiger charge is -2.38. The van der Waals surface area contributed by atoms with Crippen LogP contribution in [-0.4, -0.2) is 55.1 Å². The van der Waals surface area contributed by atoms with Gasteiger partial charge in [0.05, 0.1) is 30.0 Å². The monoisotopic (exact) mass is 453 g/mol. The van der Waals surface area contributed by atoms with E-state index >= 15 is 0 Å². The fourth-order valence-electron chi connectivity index (χ4n) is 5.28. The number of carbonyl (C=O) groups is 2. The normalized spacial score (nSPS) is 23.7. The number of rotatable bonds is 7. The SMILES string of the molecule is C/C=C\c1ccc2n(c1=O)C[C@H]1[C@H](CO)[C@@H](C(=O)NCCc3cn(C)cn3)[C@@H]2N1C(=O)CC. The number of nitrogens with one attached hydrogen (secondary N) is 1. The van der Waals surface area contributed by atoms with Gasteiger partial charge < -0.3 is 24.5 Å². The molecule has 1 saturated heterocycles. The van der Waals surface area contributed by atoms with Crippen molar-refractivity contribution >= 4 is 17.9 Å². The summed E-state index contributed by atoms with van der Waals surface area (Å²) in [5, 5.41) is 13.2. The van der Waals surface area contributed by atoms with Gasteiger partial charge in [-0.2, -0.15) is 0 Å². The summed E-state index contributed by atoms with van der Waals surface area (Å²) in [5.74, 6) is -1.39. The molecule has 2 aromatic rings. The number of amides is 2. The number of imidazole rings is 1. The van der Waals surface area contributed by atoms with Gasteiger partial charge in [0.1, 0.15) is 0 Å². The number of carbonyl (C=O) groups excluding carboxylic acids is 2. The van der Waals surface area contributed by atoms with Crippen LogP contribution in [0.1, 0.15) is 43.3 Å². The molecule has 0 aliphatic carbocycles. The molecule has 4 heterocycles. The van der Waals surface area contributed by atoms with Crippen molar-refractivity contribution in [3.63, 3.8) is 0 Å². The molecule has 176 valence electrons. The maximum absolute atomic E-state index is 13.4. The maximum atomic E-state index is 13.4. The minimum absolute atomic E-state index is 0.0801. The summed E-state index contributed by atoms with van der Waals surface area (Å²) in [6.45, 7) is 4.06. The zero-order valence-corrected chi connectivity index (χ0v) is 19.3. The van der Waals surface area contributed by atoms with Crippen molar-refractivity contribution in [2.45, 2.75) is 45.3 Å². The molecule has 1 fully saturated rings. The van der Waals surface area contributed by atoms with Gasteiger partial charge in [-0.25, -0.2) is 4.98 Å². The molecule has 9 heteroatoms. The lowest BCUT2D eigenvalue weighted by atomic mass is 9.86.